The molecule has 4 nitrogen and oxygen atoms in total. The largest absolute Gasteiger partial charge is 0.464 e. The van der Waals surface area contributed by atoms with Crippen molar-refractivity contribution < 1.29 is 4.42 Å². The smallest absolute Gasteiger partial charge is 0.164 e. The van der Waals surface area contributed by atoms with Crippen LogP contribution in [0.2, 0.25) is 0 Å². The van der Waals surface area contributed by atoms with E-state index in [1.165, 1.54) is 32.0 Å². The summed E-state index contributed by atoms with van der Waals surface area (Å²) in [6.45, 7) is 0. The van der Waals surface area contributed by atoms with Crippen molar-refractivity contribution in [2.75, 3.05) is 0 Å². The molecule has 220 valence electrons. The molecule has 2 aliphatic rings. The van der Waals surface area contributed by atoms with E-state index in [2.05, 4.69) is 109 Å². The molecule has 1 spiro atoms. The number of aromatic nitrogens is 3. The van der Waals surface area contributed by atoms with Crippen molar-refractivity contribution in [3.05, 3.63) is 174 Å². The van der Waals surface area contributed by atoms with Gasteiger partial charge in [-0.1, -0.05) is 127 Å². The first kappa shape index (κ1) is 26.4. The highest BCUT2D eigenvalue weighted by molar-refractivity contribution is 7.99. The first-order chi connectivity index (χ1) is 23.3. The zero-order valence-corrected chi connectivity index (χ0v) is 25.9. The van der Waals surface area contributed by atoms with Gasteiger partial charge in [0.1, 0.15) is 5.58 Å². The molecule has 0 saturated heterocycles. The topological polar surface area (TPSA) is 51.8 Å². The van der Waals surface area contributed by atoms with Crippen LogP contribution in [-0.4, -0.2) is 15.0 Å². The molecule has 1 aliphatic heterocycles. The van der Waals surface area contributed by atoms with Crippen molar-refractivity contribution in [1.82, 2.24) is 15.0 Å². The van der Waals surface area contributed by atoms with E-state index in [1.54, 1.807) is 6.26 Å². The molecule has 0 unspecified atom stereocenters. The summed E-state index contributed by atoms with van der Waals surface area (Å²) in [5.74, 6) is 1.93. The third-order valence-electron chi connectivity index (χ3n) is 9.48. The summed E-state index contributed by atoms with van der Waals surface area (Å²) in [7, 11) is 0. The molecule has 0 radical (unpaired) electrons. The van der Waals surface area contributed by atoms with Crippen LogP contribution in [0.15, 0.2) is 166 Å². The molecule has 5 heteroatoms. The molecule has 2 aromatic heterocycles. The number of hydrogen-bond acceptors (Lipinski definition) is 5. The van der Waals surface area contributed by atoms with Gasteiger partial charge in [-0.25, -0.2) is 15.0 Å². The van der Waals surface area contributed by atoms with E-state index in [4.69, 9.17) is 19.4 Å². The molecule has 0 bridgehead atoms. The minimum Gasteiger partial charge on any atom is -0.464 e. The molecule has 1 aliphatic carbocycles. The molecule has 0 fully saturated rings. The zero-order valence-electron chi connectivity index (χ0n) is 25.1. The lowest BCUT2D eigenvalue weighted by molar-refractivity contribution is 0.616. The summed E-state index contributed by atoms with van der Waals surface area (Å²) in [5, 5.41) is 1.09. The average molecular weight is 620 g/mol. The van der Waals surface area contributed by atoms with Crippen LogP contribution in [0.1, 0.15) is 22.3 Å². The third kappa shape index (κ3) is 3.81. The number of benzene rings is 6. The van der Waals surface area contributed by atoms with Gasteiger partial charge in [0.2, 0.25) is 0 Å². The third-order valence-corrected chi connectivity index (χ3v) is 10.6. The standard InChI is InChI=1S/C42H25N3OS/c1-3-12-26(13-4-1)39-43-40(27-14-5-2-6-15-27)45-41(44-39)29-16-11-19-33-38(29)30-25-35-28(22-23-46-35)24-34(30)42(33)31-17-7-9-20-36(31)47-37-21-10-8-18-32(37)42/h1-25H. The lowest BCUT2D eigenvalue weighted by Gasteiger charge is -2.39. The molecule has 0 atom stereocenters. The molecule has 8 aromatic rings. The van der Waals surface area contributed by atoms with Crippen molar-refractivity contribution in [2.24, 2.45) is 0 Å². The summed E-state index contributed by atoms with van der Waals surface area (Å²) < 4.78 is 6.03. The lowest BCUT2D eigenvalue weighted by atomic mass is 9.67. The van der Waals surface area contributed by atoms with Crippen molar-refractivity contribution in [1.29, 1.82) is 0 Å². The lowest BCUT2D eigenvalue weighted by Crippen LogP contribution is -2.31. The van der Waals surface area contributed by atoms with Crippen molar-refractivity contribution in [2.45, 2.75) is 15.2 Å². The predicted molar refractivity (Wildman–Crippen MR) is 187 cm³/mol. The maximum Gasteiger partial charge on any atom is 0.164 e. The Morgan fingerprint density at radius 3 is 1.70 bits per heavy atom. The van der Waals surface area contributed by atoms with Crippen LogP contribution in [-0.2, 0) is 5.41 Å². The fourth-order valence-corrected chi connectivity index (χ4v) is 8.71. The van der Waals surface area contributed by atoms with Gasteiger partial charge >= 0.3 is 0 Å². The first-order valence-corrected chi connectivity index (χ1v) is 16.5. The van der Waals surface area contributed by atoms with Gasteiger partial charge < -0.3 is 4.42 Å². The van der Waals surface area contributed by atoms with E-state index in [0.717, 1.165) is 38.8 Å². The number of furan rings is 1. The van der Waals surface area contributed by atoms with Gasteiger partial charge in [0, 0.05) is 31.9 Å². The minimum absolute atomic E-state index is 0.526. The Bertz CT molecular complexity index is 2400. The molecule has 0 amide bonds. The van der Waals surface area contributed by atoms with Gasteiger partial charge in [0.15, 0.2) is 17.5 Å². The maximum atomic E-state index is 6.03. The van der Waals surface area contributed by atoms with Crippen LogP contribution in [0.3, 0.4) is 0 Å². The summed E-state index contributed by atoms with van der Waals surface area (Å²) in [6.07, 6.45) is 1.78. The summed E-state index contributed by atoms with van der Waals surface area (Å²) in [5.41, 5.74) is 10.5. The number of rotatable bonds is 3. The highest BCUT2D eigenvalue weighted by Crippen LogP contribution is 2.63. The van der Waals surface area contributed by atoms with Crippen molar-refractivity contribution in [3.8, 4) is 45.3 Å². The molecule has 47 heavy (non-hydrogen) atoms. The second kappa shape index (κ2) is 10.1. The molecular formula is C42H25N3OS. The van der Waals surface area contributed by atoms with Crippen LogP contribution in [0.4, 0.5) is 0 Å². The van der Waals surface area contributed by atoms with Crippen molar-refractivity contribution in [3.63, 3.8) is 0 Å². The van der Waals surface area contributed by atoms with E-state index in [-0.39, 0.29) is 0 Å². The van der Waals surface area contributed by atoms with Gasteiger partial charge in [0.05, 0.1) is 11.7 Å². The average Bonchev–Trinajstić information content (AvgIpc) is 3.72. The Balaban J connectivity index is 1.33. The van der Waals surface area contributed by atoms with Gasteiger partial charge in [-0.05, 0) is 63.7 Å². The zero-order chi connectivity index (χ0) is 31.0. The Morgan fingerprint density at radius 1 is 0.468 bits per heavy atom. The fourth-order valence-electron chi connectivity index (χ4n) is 7.52. The summed E-state index contributed by atoms with van der Waals surface area (Å²) in [6, 6.07) is 51.2. The minimum atomic E-state index is -0.526. The highest BCUT2D eigenvalue weighted by Gasteiger charge is 2.51. The Morgan fingerprint density at radius 2 is 1.04 bits per heavy atom. The SMILES string of the molecule is c1ccc(-c2nc(-c3ccccc3)nc(-c3cccc4c3-c3cc5occc5cc3C43c4ccccc4Sc4ccccc43)n2)cc1. The molecule has 0 saturated carbocycles. The molecule has 6 aromatic carbocycles. The van der Waals surface area contributed by atoms with Crippen LogP contribution < -0.4 is 0 Å². The molecular weight excluding hydrogens is 595 g/mol. The number of hydrogen-bond donors (Lipinski definition) is 0. The van der Waals surface area contributed by atoms with Gasteiger partial charge in [-0.2, -0.15) is 0 Å². The monoisotopic (exact) mass is 619 g/mol. The highest BCUT2D eigenvalue weighted by atomic mass is 32.2. The quantitative estimate of drug-likeness (QED) is 0.197. The summed E-state index contributed by atoms with van der Waals surface area (Å²) in [4.78, 5) is 17.9. The Labute approximate surface area is 275 Å². The maximum absolute atomic E-state index is 6.03. The van der Waals surface area contributed by atoms with Crippen LogP contribution in [0, 0.1) is 0 Å². The Kier molecular flexibility index (Phi) is 5.69. The van der Waals surface area contributed by atoms with Crippen LogP contribution >= 0.6 is 11.8 Å². The van der Waals surface area contributed by atoms with Gasteiger partial charge in [-0.15, -0.1) is 0 Å². The van der Waals surface area contributed by atoms with E-state index in [0.29, 0.717) is 17.5 Å². The van der Waals surface area contributed by atoms with E-state index in [9.17, 15) is 0 Å². The molecule has 10 rings (SSSR count). The Hall–Kier alpha value is -5.78. The van der Waals surface area contributed by atoms with Gasteiger partial charge in [0.25, 0.3) is 0 Å². The second-order valence-electron chi connectivity index (χ2n) is 12.0. The van der Waals surface area contributed by atoms with E-state index >= 15 is 0 Å². The van der Waals surface area contributed by atoms with Gasteiger partial charge in [-0.3, -0.25) is 0 Å². The van der Waals surface area contributed by atoms with E-state index in [1.807, 2.05) is 48.2 Å². The fraction of sp³-hybridized carbons (Fsp3) is 0.0238. The molecule has 3 heterocycles. The second-order valence-corrected chi connectivity index (χ2v) is 13.1. The normalized spacial score (nSPS) is 13.6. The first-order valence-electron chi connectivity index (χ1n) is 15.7. The number of nitrogens with zero attached hydrogens (tertiary/aromatic N) is 3. The van der Waals surface area contributed by atoms with Crippen molar-refractivity contribution >= 4 is 22.7 Å². The molecule has 0 N–H and O–H groups in total. The predicted octanol–water partition coefficient (Wildman–Crippen LogP) is 10.4. The van der Waals surface area contributed by atoms with Crippen LogP contribution in [0.5, 0.6) is 0 Å². The number of fused-ring (bicyclic) bond motifs is 10. The van der Waals surface area contributed by atoms with Crippen LogP contribution in [0.25, 0.3) is 56.3 Å². The summed E-state index contributed by atoms with van der Waals surface area (Å²) >= 11 is 1.85. The van der Waals surface area contributed by atoms with E-state index < -0.39 is 5.41 Å².